The van der Waals surface area contributed by atoms with Crippen molar-refractivity contribution in [3.8, 4) is 11.5 Å². The largest absolute Gasteiger partial charge is 0.497 e. The van der Waals surface area contributed by atoms with E-state index in [1.165, 1.54) is 11.1 Å². The highest BCUT2D eigenvalue weighted by atomic mass is 30.0. The van der Waals surface area contributed by atoms with Crippen LogP contribution in [0.25, 0.3) is 12.2 Å². The SMILES string of the molecule is COc1ccc(/C=C/[Si](C)(C)[Si](C)(C)[Si](C)(C)[Si](C)(C)[Si](C)(C)[Si](C)(C)/C=C/c2ccc(OC)cc2)cc1. The minimum Gasteiger partial charge on any atom is -0.497 e. The van der Waals surface area contributed by atoms with Crippen molar-refractivity contribution in [1.29, 1.82) is 0 Å². The van der Waals surface area contributed by atoms with E-state index in [1.807, 2.05) is 0 Å². The molecule has 0 fully saturated rings. The molecule has 38 heavy (non-hydrogen) atoms. The average Bonchev–Trinajstić information content (AvgIpc) is 2.86. The Hall–Kier alpha value is -1.18. The molecule has 0 N–H and O–H groups in total. The van der Waals surface area contributed by atoms with Crippen LogP contribution in [0.4, 0.5) is 0 Å². The van der Waals surface area contributed by atoms with Crippen molar-refractivity contribution >= 4 is 55.8 Å². The van der Waals surface area contributed by atoms with Crippen LogP contribution in [0.3, 0.4) is 0 Å². The molecule has 0 spiro atoms. The van der Waals surface area contributed by atoms with E-state index in [9.17, 15) is 0 Å². The van der Waals surface area contributed by atoms with Gasteiger partial charge in [-0.3, -0.25) is 0 Å². The van der Waals surface area contributed by atoms with Crippen LogP contribution in [-0.4, -0.2) is 57.8 Å². The van der Waals surface area contributed by atoms with Gasteiger partial charge in [0.25, 0.3) is 0 Å². The van der Waals surface area contributed by atoms with Crippen molar-refractivity contribution in [1.82, 2.24) is 0 Å². The fourth-order valence-electron chi connectivity index (χ4n) is 5.63. The van der Waals surface area contributed by atoms with Gasteiger partial charge in [-0.1, -0.05) is 126 Å². The van der Waals surface area contributed by atoms with Crippen LogP contribution < -0.4 is 9.47 Å². The molecule has 0 aromatic heterocycles. The topological polar surface area (TPSA) is 18.5 Å². The lowest BCUT2D eigenvalue weighted by molar-refractivity contribution is 0.414. The average molecular weight is 615 g/mol. The van der Waals surface area contributed by atoms with E-state index in [0.29, 0.717) is 0 Å². The number of hydrogen-bond donors (Lipinski definition) is 0. The lowest BCUT2D eigenvalue weighted by atomic mass is 10.2. The Morgan fingerprint density at radius 1 is 0.421 bits per heavy atom. The number of hydrogen-bond acceptors (Lipinski definition) is 2. The summed E-state index contributed by atoms with van der Waals surface area (Å²) in [5, 5.41) is 0. The van der Waals surface area contributed by atoms with Crippen LogP contribution in [0.5, 0.6) is 11.5 Å². The number of ether oxygens (including phenoxy) is 2. The smallest absolute Gasteiger partial charge is 0.118 e. The maximum Gasteiger partial charge on any atom is 0.118 e. The highest BCUT2D eigenvalue weighted by molar-refractivity contribution is 7.97. The van der Waals surface area contributed by atoms with Crippen molar-refractivity contribution in [2.24, 2.45) is 0 Å². The van der Waals surface area contributed by atoms with Crippen LogP contribution in [0, 0.1) is 0 Å². The number of methoxy groups -OCH3 is 2. The lowest BCUT2D eigenvalue weighted by Crippen LogP contribution is -2.87. The fourth-order valence-corrected chi connectivity index (χ4v) is 153. The third-order valence-corrected chi connectivity index (χ3v) is 130. The summed E-state index contributed by atoms with van der Waals surface area (Å²) in [5.41, 5.74) is 7.94. The molecule has 2 nitrogen and oxygen atoms in total. The molecule has 2 aromatic rings. The summed E-state index contributed by atoms with van der Waals surface area (Å²) in [6, 6.07) is 17.1. The van der Waals surface area contributed by atoms with Crippen molar-refractivity contribution in [3.63, 3.8) is 0 Å². The molecular weight excluding hydrogens is 561 g/mol. The molecule has 2 aromatic carbocycles. The summed E-state index contributed by atoms with van der Waals surface area (Å²) in [4.78, 5) is 0. The Labute approximate surface area is 239 Å². The molecule has 0 bridgehead atoms. The first-order chi connectivity index (χ1) is 17.3. The minimum atomic E-state index is -1.57. The second-order valence-electron chi connectivity index (χ2n) is 14.2. The van der Waals surface area contributed by atoms with Crippen molar-refractivity contribution in [2.75, 3.05) is 14.2 Å². The molecule has 210 valence electrons. The summed E-state index contributed by atoms with van der Waals surface area (Å²) in [6.45, 7) is 33.1. The van der Waals surface area contributed by atoms with Gasteiger partial charge in [-0.15, -0.1) is 0 Å². The first-order valence-corrected chi connectivity index (χ1v) is 37.1. The highest BCUT2D eigenvalue weighted by Crippen LogP contribution is 2.43. The molecule has 0 heterocycles. The maximum atomic E-state index is 5.36. The second kappa shape index (κ2) is 11.7. The first kappa shape index (κ1) is 33.0. The summed E-state index contributed by atoms with van der Waals surface area (Å²) in [5.74, 6) is 1.85. The number of rotatable bonds is 11. The van der Waals surface area contributed by atoms with Gasteiger partial charge in [0.15, 0.2) is 0 Å². The monoisotopic (exact) mass is 614 g/mol. The Morgan fingerprint density at radius 3 is 0.921 bits per heavy atom. The molecule has 0 radical (unpaired) electrons. The third kappa shape index (κ3) is 6.25. The van der Waals surface area contributed by atoms with Crippen molar-refractivity contribution in [3.05, 3.63) is 71.1 Å². The van der Waals surface area contributed by atoms with E-state index >= 15 is 0 Å². The van der Waals surface area contributed by atoms with Crippen LogP contribution in [0.1, 0.15) is 11.1 Å². The molecule has 0 aliphatic rings. The van der Waals surface area contributed by atoms with Gasteiger partial charge in [-0.2, -0.15) is 0 Å². The molecule has 0 aliphatic heterocycles. The zero-order valence-corrected chi connectivity index (χ0v) is 32.7. The highest BCUT2D eigenvalue weighted by Gasteiger charge is 2.65. The fraction of sp³-hybridized carbons (Fsp3) is 0.467. The van der Waals surface area contributed by atoms with Gasteiger partial charge >= 0.3 is 0 Å². The standard InChI is InChI=1S/C30H54O2Si6/c1-31-29-19-15-27(16-20-29)23-25-33(3,4)35(7,8)37(11,12)38(13,14)36(9,10)34(5,6)26-24-28-17-21-30(32-2)22-18-28/h15-26H,1-14H3/b25-23+,26-24+. The van der Waals surface area contributed by atoms with Crippen LogP contribution >= 0.6 is 0 Å². The zero-order chi connectivity index (χ0) is 29.2. The van der Waals surface area contributed by atoms with E-state index in [1.54, 1.807) is 14.2 Å². The molecule has 0 amide bonds. The van der Waals surface area contributed by atoms with Crippen molar-refractivity contribution < 1.29 is 9.47 Å². The van der Waals surface area contributed by atoms with Gasteiger partial charge < -0.3 is 9.47 Å². The van der Waals surface area contributed by atoms with E-state index in [-0.39, 0.29) is 0 Å². The maximum absolute atomic E-state index is 5.36. The van der Waals surface area contributed by atoms with Gasteiger partial charge in [-0.25, -0.2) is 0 Å². The van der Waals surface area contributed by atoms with Gasteiger partial charge in [0.1, 0.15) is 11.5 Å². The van der Waals surface area contributed by atoms with Gasteiger partial charge in [0.2, 0.25) is 0 Å². The quantitative estimate of drug-likeness (QED) is 0.235. The molecule has 0 unspecified atom stereocenters. The minimum absolute atomic E-state index is 0.926. The van der Waals surface area contributed by atoms with E-state index < -0.39 is 43.6 Å². The van der Waals surface area contributed by atoms with E-state index in [0.717, 1.165) is 11.5 Å². The zero-order valence-electron chi connectivity index (χ0n) is 26.7. The molecule has 0 atom stereocenters. The molecule has 0 saturated carbocycles. The van der Waals surface area contributed by atoms with Gasteiger partial charge in [0.05, 0.1) is 29.4 Å². The van der Waals surface area contributed by atoms with E-state index in [4.69, 9.17) is 9.47 Å². The van der Waals surface area contributed by atoms with Crippen LogP contribution in [-0.2, 0) is 0 Å². The van der Waals surface area contributed by atoms with Crippen LogP contribution in [0.15, 0.2) is 59.9 Å². The number of benzene rings is 2. The predicted octanol–water partition coefficient (Wildman–Crippen LogP) is 9.15. The molecule has 0 saturated heterocycles. The Balaban J connectivity index is 2.40. The predicted molar refractivity (Wildman–Crippen MR) is 189 cm³/mol. The van der Waals surface area contributed by atoms with Gasteiger partial charge in [-0.05, 0) is 35.4 Å². The normalized spacial score (nSPS) is 14.4. The summed E-state index contributed by atoms with van der Waals surface area (Å²) in [6.07, 6.45) is 4.83. The molecular formula is C30H54O2Si6. The second-order valence-corrected chi connectivity index (χ2v) is 78.4. The Morgan fingerprint density at radius 2 is 0.684 bits per heavy atom. The first-order valence-electron chi connectivity index (χ1n) is 13.9. The van der Waals surface area contributed by atoms with Crippen LogP contribution in [0.2, 0.25) is 78.6 Å². The third-order valence-electron chi connectivity index (χ3n) is 11.5. The van der Waals surface area contributed by atoms with Crippen molar-refractivity contribution in [2.45, 2.75) is 78.6 Å². The Bertz CT molecular complexity index is 1040. The summed E-state index contributed by atoms with van der Waals surface area (Å²) in [7, 11) is -5.68. The van der Waals surface area contributed by atoms with Gasteiger partial charge in [0, 0.05) is 28.4 Å². The summed E-state index contributed by atoms with van der Waals surface area (Å²) < 4.78 is 10.7. The molecule has 8 heteroatoms. The van der Waals surface area contributed by atoms with E-state index in [2.05, 4.69) is 151 Å². The molecule has 0 aliphatic carbocycles. The molecule has 2 rings (SSSR count). The summed E-state index contributed by atoms with van der Waals surface area (Å²) >= 11 is 0. The lowest BCUT2D eigenvalue weighted by Gasteiger charge is -2.61. The Kier molecular flexibility index (Phi) is 10.2.